The van der Waals surface area contributed by atoms with Crippen LogP contribution in [-0.4, -0.2) is 64.0 Å². The molecule has 0 aliphatic carbocycles. The molecule has 8 heteroatoms. The molecule has 2 rings (SSSR count). The molecule has 1 heterocycles. The van der Waals surface area contributed by atoms with E-state index in [0.717, 1.165) is 6.54 Å². The minimum Gasteiger partial charge on any atom is -0.357 e. The monoisotopic (exact) mass is 494 g/mol. The summed E-state index contributed by atoms with van der Waals surface area (Å²) in [6.45, 7) is 5.43. The van der Waals surface area contributed by atoms with Crippen molar-refractivity contribution < 1.29 is 8.42 Å². The van der Waals surface area contributed by atoms with Crippen molar-refractivity contribution >= 4 is 39.8 Å². The Bertz CT molecular complexity index is 690. The van der Waals surface area contributed by atoms with E-state index in [1.165, 1.54) is 11.1 Å². The third kappa shape index (κ3) is 7.03. The Morgan fingerprint density at radius 2 is 1.96 bits per heavy atom. The fourth-order valence-electron chi connectivity index (χ4n) is 2.96. The van der Waals surface area contributed by atoms with Gasteiger partial charge in [-0.15, -0.1) is 24.0 Å². The van der Waals surface area contributed by atoms with E-state index in [1.54, 1.807) is 0 Å². The number of aliphatic imine (C=N–C) groups is 1. The van der Waals surface area contributed by atoms with Gasteiger partial charge in [0, 0.05) is 12.6 Å². The largest absolute Gasteiger partial charge is 0.357 e. The molecule has 0 bridgehead atoms. The molecule has 1 aromatic rings. The number of hydrogen-bond acceptors (Lipinski definition) is 4. The van der Waals surface area contributed by atoms with Crippen LogP contribution in [0.25, 0.3) is 0 Å². The number of likely N-dealkylation sites (N-methyl/N-ethyl adjacent to an activating group) is 1. The molecule has 2 N–H and O–H groups in total. The number of sulfone groups is 1. The Morgan fingerprint density at radius 1 is 1.31 bits per heavy atom. The number of aryl methyl sites for hydroxylation is 1. The lowest BCUT2D eigenvalue weighted by Gasteiger charge is -2.24. The van der Waals surface area contributed by atoms with Gasteiger partial charge < -0.3 is 15.5 Å². The van der Waals surface area contributed by atoms with Gasteiger partial charge in [-0.05, 0) is 39.9 Å². The minimum absolute atomic E-state index is 0. The predicted octanol–water partition coefficient (Wildman–Crippen LogP) is 1.96. The van der Waals surface area contributed by atoms with Gasteiger partial charge in [0.05, 0.1) is 24.1 Å². The van der Waals surface area contributed by atoms with Gasteiger partial charge in [0.2, 0.25) is 0 Å². The molecule has 0 aromatic heterocycles. The molecule has 1 fully saturated rings. The van der Waals surface area contributed by atoms with Crippen LogP contribution in [0.4, 0.5) is 0 Å². The van der Waals surface area contributed by atoms with E-state index in [1.807, 2.05) is 21.0 Å². The summed E-state index contributed by atoms with van der Waals surface area (Å²) in [5, 5.41) is 6.49. The molecule has 1 aliphatic heterocycles. The van der Waals surface area contributed by atoms with E-state index < -0.39 is 9.84 Å². The highest BCUT2D eigenvalue weighted by atomic mass is 127. The minimum atomic E-state index is -2.90. The van der Waals surface area contributed by atoms with Gasteiger partial charge in [-0.2, -0.15) is 0 Å². The van der Waals surface area contributed by atoms with Crippen molar-refractivity contribution in [2.24, 2.45) is 4.99 Å². The molecule has 0 radical (unpaired) electrons. The van der Waals surface area contributed by atoms with Crippen LogP contribution in [0.3, 0.4) is 0 Å². The second-order valence-corrected chi connectivity index (χ2v) is 9.08. The van der Waals surface area contributed by atoms with Crippen LogP contribution in [0, 0.1) is 6.92 Å². The number of rotatable bonds is 6. The fourth-order valence-corrected chi connectivity index (χ4v) is 4.63. The van der Waals surface area contributed by atoms with Crippen LogP contribution in [0.15, 0.2) is 29.3 Å². The van der Waals surface area contributed by atoms with Crippen molar-refractivity contribution in [3.63, 3.8) is 0 Å². The van der Waals surface area contributed by atoms with Crippen LogP contribution in [0.1, 0.15) is 30.5 Å². The molecule has 0 saturated carbocycles. The second kappa shape index (κ2) is 10.5. The lowest BCUT2D eigenvalue weighted by Crippen LogP contribution is -2.44. The molecular weight excluding hydrogens is 463 g/mol. The van der Waals surface area contributed by atoms with E-state index in [4.69, 9.17) is 4.99 Å². The lowest BCUT2D eigenvalue weighted by molar-refractivity contribution is 0.306. The molecule has 26 heavy (non-hydrogen) atoms. The number of nitrogens with zero attached hydrogens (tertiary/aromatic N) is 2. The lowest BCUT2D eigenvalue weighted by atomic mass is 10.0. The first-order valence-corrected chi connectivity index (χ1v) is 10.6. The van der Waals surface area contributed by atoms with Gasteiger partial charge in [0.1, 0.15) is 0 Å². The number of hydrogen-bond donors (Lipinski definition) is 2. The van der Waals surface area contributed by atoms with Crippen LogP contribution in [0.5, 0.6) is 0 Å². The molecular formula is C18H31IN4O2S. The third-order valence-electron chi connectivity index (χ3n) is 4.43. The molecule has 2 atom stereocenters. The second-order valence-electron chi connectivity index (χ2n) is 6.85. The summed E-state index contributed by atoms with van der Waals surface area (Å²) < 4.78 is 23.3. The first-order chi connectivity index (χ1) is 11.8. The zero-order valence-corrected chi connectivity index (χ0v) is 19.2. The van der Waals surface area contributed by atoms with Crippen molar-refractivity contribution in [2.75, 3.05) is 38.7 Å². The molecule has 2 unspecified atom stereocenters. The Kier molecular flexibility index (Phi) is 9.32. The molecule has 6 nitrogen and oxygen atoms in total. The number of guanidine groups is 1. The van der Waals surface area contributed by atoms with Crippen LogP contribution in [-0.2, 0) is 9.84 Å². The average Bonchev–Trinajstić information content (AvgIpc) is 2.88. The summed E-state index contributed by atoms with van der Waals surface area (Å²) in [6.07, 6.45) is 0.641. The summed E-state index contributed by atoms with van der Waals surface area (Å²) in [5.74, 6) is 1.13. The van der Waals surface area contributed by atoms with Gasteiger partial charge in [0.25, 0.3) is 0 Å². The number of halogens is 1. The summed E-state index contributed by atoms with van der Waals surface area (Å²) in [4.78, 5) is 6.85. The molecule has 1 saturated heterocycles. The fraction of sp³-hybridized carbons (Fsp3) is 0.611. The highest BCUT2D eigenvalue weighted by Crippen LogP contribution is 2.19. The van der Waals surface area contributed by atoms with E-state index in [-0.39, 0.29) is 47.6 Å². The normalized spacial score (nSPS) is 20.5. The zero-order chi connectivity index (χ0) is 18.4. The van der Waals surface area contributed by atoms with E-state index in [2.05, 4.69) is 46.7 Å². The highest BCUT2D eigenvalue weighted by Gasteiger charge is 2.28. The zero-order valence-electron chi connectivity index (χ0n) is 16.0. The maximum Gasteiger partial charge on any atom is 0.191 e. The first-order valence-electron chi connectivity index (χ1n) is 8.79. The molecule has 0 amide bonds. The third-order valence-corrected chi connectivity index (χ3v) is 6.19. The standard InChI is InChI=1S/C18H30N4O2S.HI/c1-5-19-18(21-16-10-11-25(23,24)13-16)20-12-17(22(3)4)15-8-6-14(2)7-9-15;/h6-9,16-17H,5,10-13H2,1-4H3,(H2,19,20,21);1H. The van der Waals surface area contributed by atoms with Gasteiger partial charge in [-0.1, -0.05) is 29.8 Å². The number of benzene rings is 1. The highest BCUT2D eigenvalue weighted by molar-refractivity contribution is 14.0. The predicted molar refractivity (Wildman–Crippen MR) is 119 cm³/mol. The first kappa shape index (κ1) is 23.2. The van der Waals surface area contributed by atoms with Gasteiger partial charge in [0.15, 0.2) is 15.8 Å². The van der Waals surface area contributed by atoms with Gasteiger partial charge >= 0.3 is 0 Å². The van der Waals surface area contributed by atoms with Crippen LogP contribution >= 0.6 is 24.0 Å². The Hall–Kier alpha value is -0.870. The number of nitrogens with one attached hydrogen (secondary N) is 2. The molecule has 148 valence electrons. The summed E-state index contributed by atoms with van der Waals surface area (Å²) in [6, 6.07) is 8.62. The SMILES string of the molecule is CCNC(=NCC(c1ccc(C)cc1)N(C)C)NC1CCS(=O)(=O)C1.I. The van der Waals surface area contributed by atoms with Crippen molar-refractivity contribution in [2.45, 2.75) is 32.4 Å². The molecule has 0 spiro atoms. The van der Waals surface area contributed by atoms with Gasteiger partial charge in [-0.3, -0.25) is 4.99 Å². The summed E-state index contributed by atoms with van der Waals surface area (Å²) in [5.41, 5.74) is 2.46. The van der Waals surface area contributed by atoms with Crippen LogP contribution in [0.2, 0.25) is 0 Å². The topological polar surface area (TPSA) is 73.8 Å². The smallest absolute Gasteiger partial charge is 0.191 e. The maximum absolute atomic E-state index is 11.6. The van der Waals surface area contributed by atoms with Crippen molar-refractivity contribution in [3.05, 3.63) is 35.4 Å². The van der Waals surface area contributed by atoms with Crippen LogP contribution < -0.4 is 10.6 Å². The quantitative estimate of drug-likeness (QED) is 0.360. The van der Waals surface area contributed by atoms with Crippen molar-refractivity contribution in [3.8, 4) is 0 Å². The van der Waals surface area contributed by atoms with Crippen molar-refractivity contribution in [1.29, 1.82) is 0 Å². The Morgan fingerprint density at radius 3 is 2.46 bits per heavy atom. The van der Waals surface area contributed by atoms with E-state index >= 15 is 0 Å². The Labute approximate surface area is 174 Å². The van der Waals surface area contributed by atoms with Crippen molar-refractivity contribution in [1.82, 2.24) is 15.5 Å². The molecule has 1 aromatic carbocycles. The van der Waals surface area contributed by atoms with Gasteiger partial charge in [-0.25, -0.2) is 8.42 Å². The van der Waals surface area contributed by atoms with E-state index in [9.17, 15) is 8.42 Å². The maximum atomic E-state index is 11.6. The summed E-state index contributed by atoms with van der Waals surface area (Å²) >= 11 is 0. The summed E-state index contributed by atoms with van der Waals surface area (Å²) in [7, 11) is 1.19. The van der Waals surface area contributed by atoms with E-state index in [0.29, 0.717) is 18.9 Å². The average molecular weight is 494 g/mol. The molecule has 1 aliphatic rings. The Balaban J connectivity index is 0.00000338.